The number of anilines is 1. The molecular formula is C19H21N5O3S2. The average Bonchev–Trinajstić information content (AvgIpc) is 3.22. The molecule has 2 aromatic heterocycles. The fraction of sp³-hybridized carbons (Fsp3) is 0.316. The maximum absolute atomic E-state index is 12.9. The van der Waals surface area contributed by atoms with E-state index in [0.717, 1.165) is 16.0 Å². The molecule has 152 valence electrons. The average molecular weight is 432 g/mol. The number of piperazine rings is 1. The summed E-state index contributed by atoms with van der Waals surface area (Å²) in [7, 11) is -3.60. The van der Waals surface area contributed by atoms with Gasteiger partial charge in [-0.15, -0.1) is 11.3 Å². The van der Waals surface area contributed by atoms with Crippen LogP contribution in [0.25, 0.3) is 10.2 Å². The van der Waals surface area contributed by atoms with Crippen molar-refractivity contribution in [2.24, 2.45) is 0 Å². The van der Waals surface area contributed by atoms with Crippen molar-refractivity contribution in [3.05, 3.63) is 47.6 Å². The van der Waals surface area contributed by atoms with Gasteiger partial charge in [-0.05, 0) is 29.6 Å². The molecule has 0 bridgehead atoms. The molecule has 1 aromatic carbocycles. The van der Waals surface area contributed by atoms with Crippen molar-refractivity contribution in [3.63, 3.8) is 0 Å². The molecule has 29 heavy (non-hydrogen) atoms. The van der Waals surface area contributed by atoms with E-state index in [0.29, 0.717) is 38.3 Å². The second kappa shape index (κ2) is 8.05. The van der Waals surface area contributed by atoms with Gasteiger partial charge < -0.3 is 9.80 Å². The minimum atomic E-state index is -3.60. The first-order valence-electron chi connectivity index (χ1n) is 9.32. The standard InChI is InChI=1S/C19H21N5O3S2/c1-2-22-29(26,27)15-5-3-4-14(12-15)19(25)24-9-7-23(8-10-24)17-16-6-11-28-18(16)21-13-20-17/h3-6,11-13,22H,2,7-10H2,1H3. The van der Waals surface area contributed by atoms with Crippen LogP contribution >= 0.6 is 11.3 Å². The number of hydrogen-bond donors (Lipinski definition) is 1. The van der Waals surface area contributed by atoms with E-state index in [2.05, 4.69) is 19.6 Å². The Morgan fingerprint density at radius 3 is 2.72 bits per heavy atom. The zero-order chi connectivity index (χ0) is 20.4. The van der Waals surface area contributed by atoms with Crippen molar-refractivity contribution >= 4 is 43.3 Å². The van der Waals surface area contributed by atoms with Gasteiger partial charge in [0.25, 0.3) is 5.91 Å². The number of thiophene rings is 1. The molecule has 3 aromatic rings. The van der Waals surface area contributed by atoms with Crippen LogP contribution in [0.3, 0.4) is 0 Å². The Balaban J connectivity index is 1.48. The van der Waals surface area contributed by atoms with E-state index in [1.54, 1.807) is 41.6 Å². The predicted octanol–water partition coefficient (Wildman–Crippen LogP) is 1.95. The van der Waals surface area contributed by atoms with Gasteiger partial charge >= 0.3 is 0 Å². The Hall–Kier alpha value is -2.56. The summed E-state index contributed by atoms with van der Waals surface area (Å²) in [5, 5.41) is 3.02. The number of sulfonamides is 1. The highest BCUT2D eigenvalue weighted by Gasteiger charge is 2.25. The van der Waals surface area contributed by atoms with Crippen molar-refractivity contribution in [2.75, 3.05) is 37.6 Å². The lowest BCUT2D eigenvalue weighted by molar-refractivity contribution is 0.0746. The molecule has 1 amide bonds. The van der Waals surface area contributed by atoms with Crippen LogP contribution in [0.1, 0.15) is 17.3 Å². The van der Waals surface area contributed by atoms with Crippen LogP contribution in [-0.2, 0) is 10.0 Å². The zero-order valence-corrected chi connectivity index (χ0v) is 17.5. The number of benzene rings is 1. The quantitative estimate of drug-likeness (QED) is 0.663. The third-order valence-electron chi connectivity index (χ3n) is 4.83. The molecule has 1 fully saturated rings. The Kier molecular flexibility index (Phi) is 5.48. The predicted molar refractivity (Wildman–Crippen MR) is 113 cm³/mol. The van der Waals surface area contributed by atoms with Gasteiger partial charge in [0.1, 0.15) is 17.0 Å². The Morgan fingerprint density at radius 1 is 1.17 bits per heavy atom. The van der Waals surface area contributed by atoms with Crippen LogP contribution in [0.15, 0.2) is 46.9 Å². The number of nitrogens with zero attached hydrogens (tertiary/aromatic N) is 4. The van der Waals surface area contributed by atoms with Crippen molar-refractivity contribution in [1.82, 2.24) is 19.6 Å². The molecule has 0 saturated carbocycles. The summed E-state index contributed by atoms with van der Waals surface area (Å²) in [6.45, 7) is 4.40. The lowest BCUT2D eigenvalue weighted by atomic mass is 10.2. The molecule has 1 N–H and O–H groups in total. The van der Waals surface area contributed by atoms with Crippen LogP contribution in [0.5, 0.6) is 0 Å². The highest BCUT2D eigenvalue weighted by Crippen LogP contribution is 2.27. The van der Waals surface area contributed by atoms with Crippen molar-refractivity contribution in [1.29, 1.82) is 0 Å². The molecule has 1 saturated heterocycles. The molecular weight excluding hydrogens is 410 g/mol. The molecule has 8 nitrogen and oxygen atoms in total. The molecule has 0 atom stereocenters. The van der Waals surface area contributed by atoms with Gasteiger partial charge in [0, 0.05) is 38.3 Å². The fourth-order valence-corrected chi connectivity index (χ4v) is 5.22. The van der Waals surface area contributed by atoms with E-state index in [1.807, 2.05) is 11.4 Å². The van der Waals surface area contributed by atoms with Crippen LogP contribution in [0, 0.1) is 0 Å². The maximum atomic E-state index is 12.9. The lowest BCUT2D eigenvalue weighted by Gasteiger charge is -2.35. The van der Waals surface area contributed by atoms with Crippen molar-refractivity contribution in [3.8, 4) is 0 Å². The topological polar surface area (TPSA) is 95.5 Å². The summed E-state index contributed by atoms with van der Waals surface area (Å²) >= 11 is 1.58. The molecule has 0 radical (unpaired) electrons. The minimum Gasteiger partial charge on any atom is -0.352 e. The van der Waals surface area contributed by atoms with Gasteiger partial charge in [0.05, 0.1) is 10.3 Å². The van der Waals surface area contributed by atoms with Gasteiger partial charge in [0.15, 0.2) is 0 Å². The second-order valence-corrected chi connectivity index (χ2v) is 9.31. The summed E-state index contributed by atoms with van der Waals surface area (Å²) in [6.07, 6.45) is 1.57. The highest BCUT2D eigenvalue weighted by molar-refractivity contribution is 7.89. The zero-order valence-electron chi connectivity index (χ0n) is 15.9. The summed E-state index contributed by atoms with van der Waals surface area (Å²) in [5.41, 5.74) is 0.375. The van der Waals surface area contributed by atoms with Crippen LogP contribution < -0.4 is 9.62 Å². The van der Waals surface area contributed by atoms with Crippen molar-refractivity contribution in [2.45, 2.75) is 11.8 Å². The SMILES string of the molecule is CCNS(=O)(=O)c1cccc(C(=O)N2CCN(c3ncnc4sccc34)CC2)c1. The van der Waals surface area contributed by atoms with E-state index >= 15 is 0 Å². The first-order chi connectivity index (χ1) is 14.0. The van der Waals surface area contributed by atoms with Crippen LogP contribution in [0.4, 0.5) is 5.82 Å². The summed E-state index contributed by atoms with van der Waals surface area (Å²) < 4.78 is 26.9. The molecule has 0 spiro atoms. The van der Waals surface area contributed by atoms with E-state index in [-0.39, 0.29) is 10.8 Å². The van der Waals surface area contributed by atoms with Gasteiger partial charge in [-0.1, -0.05) is 13.0 Å². The summed E-state index contributed by atoms with van der Waals surface area (Å²) in [5.74, 6) is 0.726. The van der Waals surface area contributed by atoms with E-state index in [1.165, 1.54) is 12.1 Å². The fourth-order valence-electron chi connectivity index (χ4n) is 3.40. The number of fused-ring (bicyclic) bond motifs is 1. The number of aromatic nitrogens is 2. The first-order valence-corrected chi connectivity index (χ1v) is 11.7. The van der Waals surface area contributed by atoms with Crippen LogP contribution in [-0.4, -0.2) is 61.9 Å². The number of hydrogen-bond acceptors (Lipinski definition) is 7. The van der Waals surface area contributed by atoms with E-state index in [9.17, 15) is 13.2 Å². The van der Waals surface area contributed by atoms with Gasteiger partial charge in [-0.2, -0.15) is 0 Å². The van der Waals surface area contributed by atoms with Gasteiger partial charge in [0.2, 0.25) is 10.0 Å². The van der Waals surface area contributed by atoms with Crippen LogP contribution in [0.2, 0.25) is 0 Å². The maximum Gasteiger partial charge on any atom is 0.254 e. The Labute approximate surface area is 173 Å². The number of amides is 1. The number of carbonyl (C=O) groups is 1. The Morgan fingerprint density at radius 2 is 1.97 bits per heavy atom. The summed E-state index contributed by atoms with van der Waals surface area (Å²) in [4.78, 5) is 26.6. The smallest absolute Gasteiger partial charge is 0.254 e. The third-order valence-corrected chi connectivity index (χ3v) is 7.20. The molecule has 4 rings (SSSR count). The third kappa shape index (κ3) is 3.96. The summed E-state index contributed by atoms with van der Waals surface area (Å²) in [6, 6.07) is 8.20. The minimum absolute atomic E-state index is 0.102. The number of nitrogens with one attached hydrogen (secondary N) is 1. The first kappa shape index (κ1) is 19.7. The largest absolute Gasteiger partial charge is 0.352 e. The molecule has 1 aliphatic heterocycles. The van der Waals surface area contributed by atoms with Gasteiger partial charge in [-0.25, -0.2) is 23.1 Å². The normalized spacial score (nSPS) is 15.1. The lowest BCUT2D eigenvalue weighted by Crippen LogP contribution is -2.49. The second-order valence-electron chi connectivity index (χ2n) is 6.65. The van der Waals surface area contributed by atoms with Gasteiger partial charge in [-0.3, -0.25) is 4.79 Å². The molecule has 0 aliphatic carbocycles. The highest BCUT2D eigenvalue weighted by atomic mass is 32.2. The van der Waals surface area contributed by atoms with E-state index < -0.39 is 10.0 Å². The number of rotatable bonds is 5. The van der Waals surface area contributed by atoms with Crippen molar-refractivity contribution < 1.29 is 13.2 Å². The monoisotopic (exact) mass is 431 g/mol. The molecule has 1 aliphatic rings. The molecule has 10 heteroatoms. The molecule has 0 unspecified atom stereocenters. The number of carbonyl (C=O) groups excluding carboxylic acids is 1. The van der Waals surface area contributed by atoms with E-state index in [4.69, 9.17) is 0 Å². The Bertz CT molecular complexity index is 1140. The molecule has 3 heterocycles.